The molecule has 1 aliphatic rings. The first-order chi connectivity index (χ1) is 11.8. The molecular formula is C16H12F2N4O3. The Morgan fingerprint density at radius 1 is 1.24 bits per heavy atom. The van der Waals surface area contributed by atoms with Crippen molar-refractivity contribution in [2.75, 3.05) is 0 Å². The highest BCUT2D eigenvalue weighted by atomic mass is 19.1. The second kappa shape index (κ2) is 5.59. The third-order valence-corrected chi connectivity index (χ3v) is 4.09. The van der Waals surface area contributed by atoms with Crippen molar-refractivity contribution in [2.45, 2.75) is 5.92 Å². The number of allylic oxidation sites excluding steroid dienone is 1. The van der Waals surface area contributed by atoms with Gasteiger partial charge in [-0.3, -0.25) is 13.9 Å². The quantitative estimate of drug-likeness (QED) is 0.814. The average Bonchev–Trinajstić information content (AvgIpc) is 2.57. The summed E-state index contributed by atoms with van der Waals surface area (Å²) in [5, 5.41) is 9.41. The van der Waals surface area contributed by atoms with Crippen molar-refractivity contribution < 1.29 is 13.5 Å². The van der Waals surface area contributed by atoms with Gasteiger partial charge in [0.25, 0.3) is 5.56 Å². The van der Waals surface area contributed by atoms with E-state index in [2.05, 4.69) is 0 Å². The summed E-state index contributed by atoms with van der Waals surface area (Å²) in [4.78, 5) is 24.7. The highest BCUT2D eigenvalue weighted by Crippen LogP contribution is 2.40. The number of hydrogen-bond donors (Lipinski definition) is 1. The Bertz CT molecular complexity index is 1090. The summed E-state index contributed by atoms with van der Waals surface area (Å²) in [7, 11) is 2.60. The molecule has 0 radical (unpaired) electrons. The topological polar surface area (TPSA) is 103 Å². The van der Waals surface area contributed by atoms with Crippen molar-refractivity contribution in [3.63, 3.8) is 0 Å². The lowest BCUT2D eigenvalue weighted by Gasteiger charge is -2.27. The van der Waals surface area contributed by atoms with Gasteiger partial charge in [-0.25, -0.2) is 13.6 Å². The molecule has 0 amide bonds. The first-order valence-electron chi connectivity index (χ1n) is 7.10. The van der Waals surface area contributed by atoms with Gasteiger partial charge in [0.05, 0.1) is 11.5 Å². The number of aromatic nitrogens is 2. The van der Waals surface area contributed by atoms with Gasteiger partial charge in [-0.1, -0.05) is 6.07 Å². The van der Waals surface area contributed by atoms with Crippen LogP contribution in [0, 0.1) is 23.0 Å². The summed E-state index contributed by atoms with van der Waals surface area (Å²) >= 11 is 0. The maximum Gasteiger partial charge on any atom is 0.333 e. The van der Waals surface area contributed by atoms with Gasteiger partial charge >= 0.3 is 5.69 Å². The van der Waals surface area contributed by atoms with Crippen LogP contribution in [0.5, 0.6) is 5.88 Å². The Kier molecular flexibility index (Phi) is 3.68. The summed E-state index contributed by atoms with van der Waals surface area (Å²) in [5.41, 5.74) is 3.86. The van der Waals surface area contributed by atoms with E-state index in [9.17, 15) is 23.6 Å². The lowest BCUT2D eigenvalue weighted by Crippen LogP contribution is -2.42. The molecule has 2 N–H and O–H groups in total. The molecule has 1 aliphatic heterocycles. The van der Waals surface area contributed by atoms with Crippen LogP contribution in [0.15, 0.2) is 39.2 Å². The first-order valence-corrected chi connectivity index (χ1v) is 7.10. The monoisotopic (exact) mass is 346 g/mol. The number of fused-ring (bicyclic) bond motifs is 1. The molecule has 7 nitrogen and oxygen atoms in total. The SMILES string of the molecule is Cn1c2c(c(=O)n(C)c1=O)[C@H](c1ccc(F)cc1F)C(C#N)=C(N)O2. The molecule has 2 heterocycles. The molecule has 1 atom stereocenters. The molecule has 0 saturated heterocycles. The smallest absolute Gasteiger partial charge is 0.333 e. The van der Waals surface area contributed by atoms with E-state index in [1.165, 1.54) is 14.1 Å². The van der Waals surface area contributed by atoms with Crippen molar-refractivity contribution >= 4 is 0 Å². The molecule has 0 spiro atoms. The number of ether oxygens (including phenoxy) is 1. The van der Waals surface area contributed by atoms with Crippen molar-refractivity contribution in [2.24, 2.45) is 19.8 Å². The Balaban J connectivity index is 2.45. The van der Waals surface area contributed by atoms with Crippen LogP contribution in [0.4, 0.5) is 8.78 Å². The van der Waals surface area contributed by atoms with Crippen LogP contribution in [0.1, 0.15) is 17.0 Å². The van der Waals surface area contributed by atoms with Crippen LogP contribution in [-0.4, -0.2) is 9.13 Å². The second-order valence-electron chi connectivity index (χ2n) is 5.52. The summed E-state index contributed by atoms with van der Waals surface area (Å²) < 4.78 is 34.7. The van der Waals surface area contributed by atoms with E-state index < -0.39 is 28.8 Å². The number of hydrogen-bond acceptors (Lipinski definition) is 5. The van der Waals surface area contributed by atoms with Gasteiger partial charge in [0, 0.05) is 25.7 Å². The zero-order valence-electron chi connectivity index (χ0n) is 13.2. The van der Waals surface area contributed by atoms with E-state index in [1.54, 1.807) is 6.07 Å². The Morgan fingerprint density at radius 3 is 2.52 bits per heavy atom. The van der Waals surface area contributed by atoms with Crippen molar-refractivity contribution in [1.29, 1.82) is 5.26 Å². The van der Waals surface area contributed by atoms with Crippen LogP contribution in [0.25, 0.3) is 0 Å². The van der Waals surface area contributed by atoms with E-state index in [-0.39, 0.29) is 28.5 Å². The van der Waals surface area contributed by atoms with Crippen LogP contribution in [0.3, 0.4) is 0 Å². The number of halogens is 2. The lowest BCUT2D eigenvalue weighted by molar-refractivity contribution is 0.347. The number of nitriles is 1. The summed E-state index contributed by atoms with van der Waals surface area (Å²) in [6.07, 6.45) is 0. The minimum atomic E-state index is -1.22. The molecule has 0 saturated carbocycles. The summed E-state index contributed by atoms with van der Waals surface area (Å²) in [6.45, 7) is 0. The normalized spacial score (nSPS) is 16.2. The zero-order valence-corrected chi connectivity index (χ0v) is 13.2. The van der Waals surface area contributed by atoms with Gasteiger partial charge in [-0.15, -0.1) is 0 Å². The molecule has 0 fully saturated rings. The van der Waals surface area contributed by atoms with Gasteiger partial charge in [-0.2, -0.15) is 5.26 Å². The van der Waals surface area contributed by atoms with Gasteiger partial charge in [-0.05, 0) is 6.07 Å². The van der Waals surface area contributed by atoms with Crippen LogP contribution in [0.2, 0.25) is 0 Å². The molecule has 3 rings (SSSR count). The van der Waals surface area contributed by atoms with Crippen molar-refractivity contribution in [3.05, 3.63) is 73.3 Å². The predicted molar refractivity (Wildman–Crippen MR) is 82.6 cm³/mol. The summed E-state index contributed by atoms with van der Waals surface area (Å²) in [6, 6.07) is 4.57. The van der Waals surface area contributed by atoms with Crippen molar-refractivity contribution in [3.8, 4) is 11.9 Å². The molecule has 0 bridgehead atoms. The number of rotatable bonds is 1. The molecule has 25 heavy (non-hydrogen) atoms. The van der Waals surface area contributed by atoms with E-state index >= 15 is 0 Å². The highest BCUT2D eigenvalue weighted by Gasteiger charge is 2.37. The highest BCUT2D eigenvalue weighted by molar-refractivity contribution is 5.53. The third-order valence-electron chi connectivity index (χ3n) is 4.09. The fourth-order valence-corrected chi connectivity index (χ4v) is 2.83. The largest absolute Gasteiger partial charge is 0.423 e. The van der Waals surface area contributed by atoms with Gasteiger partial charge in [0.1, 0.15) is 23.3 Å². The van der Waals surface area contributed by atoms with Gasteiger partial charge < -0.3 is 10.5 Å². The molecule has 0 unspecified atom stereocenters. The molecule has 1 aromatic carbocycles. The predicted octanol–water partition coefficient (Wildman–Crippen LogP) is 0.580. The fourth-order valence-electron chi connectivity index (χ4n) is 2.83. The number of nitrogens with two attached hydrogens (primary N) is 1. The average molecular weight is 346 g/mol. The van der Waals surface area contributed by atoms with E-state index in [1.807, 2.05) is 0 Å². The number of nitrogens with zero attached hydrogens (tertiary/aromatic N) is 3. The maximum atomic E-state index is 14.3. The van der Waals surface area contributed by atoms with Crippen molar-refractivity contribution in [1.82, 2.24) is 9.13 Å². The molecule has 9 heteroatoms. The Morgan fingerprint density at radius 2 is 1.92 bits per heavy atom. The van der Waals surface area contributed by atoms with E-state index in [0.29, 0.717) is 6.07 Å². The zero-order chi connectivity index (χ0) is 18.5. The molecular weight excluding hydrogens is 334 g/mol. The van der Waals surface area contributed by atoms with E-state index in [0.717, 1.165) is 21.3 Å². The van der Waals surface area contributed by atoms with Gasteiger partial charge in [0.2, 0.25) is 11.8 Å². The standard InChI is InChI=1S/C16H12F2N4O3/c1-21-14(23)12-11(8-4-3-7(17)5-10(8)18)9(6-19)13(20)25-15(12)22(2)16(21)24/h3-5,11H,20H2,1-2H3/t11-/m1/s1. The molecule has 0 aliphatic carbocycles. The maximum absolute atomic E-state index is 14.3. The van der Waals surface area contributed by atoms with Crippen LogP contribution in [-0.2, 0) is 14.1 Å². The number of benzene rings is 1. The Labute approximate surface area is 139 Å². The molecule has 128 valence electrons. The Hall–Kier alpha value is -3.41. The van der Waals surface area contributed by atoms with Crippen LogP contribution >= 0.6 is 0 Å². The van der Waals surface area contributed by atoms with E-state index in [4.69, 9.17) is 10.5 Å². The molecule has 2 aromatic rings. The molecule has 1 aromatic heterocycles. The minimum absolute atomic E-state index is 0.124. The van der Waals surface area contributed by atoms with Gasteiger partial charge in [0.15, 0.2) is 0 Å². The van der Waals surface area contributed by atoms with Crippen LogP contribution < -0.4 is 21.7 Å². The minimum Gasteiger partial charge on any atom is -0.423 e. The first kappa shape index (κ1) is 16.4. The lowest BCUT2D eigenvalue weighted by atomic mass is 9.84. The third kappa shape index (κ3) is 2.30. The summed E-state index contributed by atoms with van der Waals surface area (Å²) in [5.74, 6) is -3.52. The second-order valence-corrected chi connectivity index (χ2v) is 5.52. The fraction of sp³-hybridized carbons (Fsp3) is 0.188.